The summed E-state index contributed by atoms with van der Waals surface area (Å²) in [4.78, 5) is 8.69. The van der Waals surface area contributed by atoms with Gasteiger partial charge in [0, 0.05) is 11.8 Å². The second-order valence-corrected chi connectivity index (χ2v) is 4.17. The van der Waals surface area contributed by atoms with E-state index in [0.29, 0.717) is 5.82 Å². The summed E-state index contributed by atoms with van der Waals surface area (Å²) < 4.78 is 0. The van der Waals surface area contributed by atoms with Crippen LogP contribution in [0, 0.1) is 6.92 Å². The second kappa shape index (κ2) is 3.88. The first kappa shape index (κ1) is 9.33. The molecule has 0 amide bonds. The molecule has 14 heavy (non-hydrogen) atoms. The molecule has 0 bridgehead atoms. The third-order valence-electron chi connectivity index (χ3n) is 1.87. The summed E-state index contributed by atoms with van der Waals surface area (Å²) in [5.74, 6) is 1.64. The van der Waals surface area contributed by atoms with Gasteiger partial charge in [0.1, 0.15) is 11.5 Å². The van der Waals surface area contributed by atoms with Crippen molar-refractivity contribution >= 4 is 11.3 Å². The molecule has 0 unspecified atom stereocenters. The monoisotopic (exact) mass is 208 g/mol. The third kappa shape index (κ3) is 1.82. The summed E-state index contributed by atoms with van der Waals surface area (Å²) in [5, 5.41) is 10.1. The Morgan fingerprint density at radius 1 is 1.43 bits per heavy atom. The van der Waals surface area contributed by atoms with Crippen molar-refractivity contribution in [3.63, 3.8) is 0 Å². The smallest absolute Gasteiger partial charge is 0.200 e. The van der Waals surface area contributed by atoms with Crippen LogP contribution in [-0.2, 0) is 6.42 Å². The molecular formula is C9H12N4S. The van der Waals surface area contributed by atoms with Gasteiger partial charge in [0.25, 0.3) is 0 Å². The SMILES string of the molecule is CCCc1nc(-c2csc(C)n2)n[nH]1. The first-order chi connectivity index (χ1) is 6.79. The minimum Gasteiger partial charge on any atom is -0.263 e. The van der Waals surface area contributed by atoms with Crippen LogP contribution in [0.4, 0.5) is 0 Å². The van der Waals surface area contributed by atoms with Crippen molar-refractivity contribution in [1.29, 1.82) is 0 Å². The fourth-order valence-corrected chi connectivity index (χ4v) is 1.82. The Morgan fingerprint density at radius 3 is 2.93 bits per heavy atom. The van der Waals surface area contributed by atoms with Crippen LogP contribution in [0.5, 0.6) is 0 Å². The molecule has 0 spiro atoms. The van der Waals surface area contributed by atoms with E-state index < -0.39 is 0 Å². The van der Waals surface area contributed by atoms with E-state index in [9.17, 15) is 0 Å². The quantitative estimate of drug-likeness (QED) is 0.841. The summed E-state index contributed by atoms with van der Waals surface area (Å²) in [5.41, 5.74) is 0.867. The van der Waals surface area contributed by atoms with E-state index in [1.807, 2.05) is 12.3 Å². The molecule has 0 aliphatic heterocycles. The van der Waals surface area contributed by atoms with Crippen LogP contribution in [0.2, 0.25) is 0 Å². The lowest BCUT2D eigenvalue weighted by Crippen LogP contribution is -1.85. The van der Waals surface area contributed by atoms with Gasteiger partial charge in [0.2, 0.25) is 5.82 Å². The molecule has 0 aromatic carbocycles. The van der Waals surface area contributed by atoms with E-state index in [0.717, 1.165) is 29.4 Å². The number of thiazole rings is 1. The van der Waals surface area contributed by atoms with Crippen molar-refractivity contribution < 1.29 is 0 Å². The highest BCUT2D eigenvalue weighted by molar-refractivity contribution is 7.09. The largest absolute Gasteiger partial charge is 0.263 e. The number of aromatic nitrogens is 4. The van der Waals surface area contributed by atoms with Crippen molar-refractivity contribution in [2.75, 3.05) is 0 Å². The molecule has 0 saturated carbocycles. The zero-order chi connectivity index (χ0) is 9.97. The van der Waals surface area contributed by atoms with Gasteiger partial charge >= 0.3 is 0 Å². The Morgan fingerprint density at radius 2 is 2.29 bits per heavy atom. The standard InChI is InChI=1S/C9H12N4S/c1-3-4-8-11-9(13-12-8)7-5-14-6(2)10-7/h5H,3-4H2,1-2H3,(H,11,12,13). The first-order valence-corrected chi connectivity index (χ1v) is 5.51. The van der Waals surface area contributed by atoms with Gasteiger partial charge in [0.15, 0.2) is 0 Å². The summed E-state index contributed by atoms with van der Waals surface area (Å²) in [6.45, 7) is 4.10. The van der Waals surface area contributed by atoms with Crippen LogP contribution >= 0.6 is 11.3 Å². The first-order valence-electron chi connectivity index (χ1n) is 4.63. The number of rotatable bonds is 3. The lowest BCUT2D eigenvalue weighted by Gasteiger charge is -1.86. The van der Waals surface area contributed by atoms with Gasteiger partial charge in [-0.3, -0.25) is 5.10 Å². The van der Waals surface area contributed by atoms with E-state index in [1.165, 1.54) is 0 Å². The average molecular weight is 208 g/mol. The molecule has 2 aromatic rings. The average Bonchev–Trinajstić information content (AvgIpc) is 2.74. The maximum Gasteiger partial charge on any atom is 0.200 e. The molecule has 1 N–H and O–H groups in total. The van der Waals surface area contributed by atoms with Crippen LogP contribution in [-0.4, -0.2) is 20.2 Å². The van der Waals surface area contributed by atoms with E-state index in [4.69, 9.17) is 0 Å². The highest BCUT2D eigenvalue weighted by atomic mass is 32.1. The summed E-state index contributed by atoms with van der Waals surface area (Å²) in [7, 11) is 0. The fraction of sp³-hybridized carbons (Fsp3) is 0.444. The van der Waals surface area contributed by atoms with Gasteiger partial charge in [0.05, 0.1) is 5.01 Å². The van der Waals surface area contributed by atoms with Crippen LogP contribution in [0.3, 0.4) is 0 Å². The molecule has 0 radical (unpaired) electrons. The van der Waals surface area contributed by atoms with E-state index in [2.05, 4.69) is 27.1 Å². The number of hydrogen-bond acceptors (Lipinski definition) is 4. The zero-order valence-corrected chi connectivity index (χ0v) is 9.06. The van der Waals surface area contributed by atoms with Crippen molar-refractivity contribution in [2.24, 2.45) is 0 Å². The van der Waals surface area contributed by atoms with Crippen LogP contribution in [0.1, 0.15) is 24.2 Å². The summed E-state index contributed by atoms with van der Waals surface area (Å²) >= 11 is 1.62. The molecule has 2 aromatic heterocycles. The molecule has 0 aliphatic rings. The lowest BCUT2D eigenvalue weighted by molar-refractivity contribution is 0.841. The Kier molecular flexibility index (Phi) is 2.58. The van der Waals surface area contributed by atoms with E-state index in [-0.39, 0.29) is 0 Å². The van der Waals surface area contributed by atoms with Crippen LogP contribution < -0.4 is 0 Å². The highest BCUT2D eigenvalue weighted by Gasteiger charge is 2.07. The topological polar surface area (TPSA) is 54.5 Å². The number of nitrogens with one attached hydrogen (secondary N) is 1. The van der Waals surface area contributed by atoms with E-state index >= 15 is 0 Å². The number of hydrogen-bond donors (Lipinski definition) is 1. The Balaban J connectivity index is 2.24. The van der Waals surface area contributed by atoms with Gasteiger partial charge in [-0.25, -0.2) is 9.97 Å². The Bertz CT molecular complexity index is 418. The van der Waals surface area contributed by atoms with Gasteiger partial charge < -0.3 is 0 Å². The number of aryl methyl sites for hydroxylation is 2. The number of H-pyrrole nitrogens is 1. The predicted octanol–water partition coefficient (Wildman–Crippen LogP) is 2.19. The molecule has 0 fully saturated rings. The normalized spacial score (nSPS) is 10.7. The lowest BCUT2D eigenvalue weighted by atomic mass is 10.3. The van der Waals surface area contributed by atoms with Gasteiger partial charge in [-0.15, -0.1) is 11.3 Å². The molecule has 4 nitrogen and oxygen atoms in total. The molecule has 0 aliphatic carbocycles. The van der Waals surface area contributed by atoms with Crippen molar-refractivity contribution in [2.45, 2.75) is 26.7 Å². The molecular weight excluding hydrogens is 196 g/mol. The second-order valence-electron chi connectivity index (χ2n) is 3.11. The predicted molar refractivity (Wildman–Crippen MR) is 56.2 cm³/mol. The van der Waals surface area contributed by atoms with Crippen molar-refractivity contribution in [3.05, 3.63) is 16.2 Å². The Labute approximate surface area is 86.4 Å². The van der Waals surface area contributed by atoms with Crippen LogP contribution in [0.15, 0.2) is 5.38 Å². The van der Waals surface area contributed by atoms with Crippen molar-refractivity contribution in [1.82, 2.24) is 20.2 Å². The van der Waals surface area contributed by atoms with Crippen LogP contribution in [0.25, 0.3) is 11.5 Å². The van der Waals surface area contributed by atoms with Gasteiger partial charge in [-0.1, -0.05) is 6.92 Å². The fourth-order valence-electron chi connectivity index (χ4n) is 1.22. The maximum atomic E-state index is 4.36. The minimum absolute atomic E-state index is 0.706. The zero-order valence-electron chi connectivity index (χ0n) is 8.24. The third-order valence-corrected chi connectivity index (χ3v) is 2.64. The summed E-state index contributed by atoms with van der Waals surface area (Å²) in [6.07, 6.45) is 2.01. The van der Waals surface area contributed by atoms with Gasteiger partial charge in [-0.2, -0.15) is 5.10 Å². The highest BCUT2D eigenvalue weighted by Crippen LogP contribution is 2.17. The number of nitrogens with zero attached hydrogens (tertiary/aromatic N) is 3. The molecule has 0 saturated heterocycles. The minimum atomic E-state index is 0.706. The molecule has 2 rings (SSSR count). The molecule has 0 atom stereocenters. The number of aromatic amines is 1. The Hall–Kier alpha value is -1.23. The molecule has 74 valence electrons. The molecule has 5 heteroatoms. The van der Waals surface area contributed by atoms with Gasteiger partial charge in [-0.05, 0) is 13.3 Å². The van der Waals surface area contributed by atoms with E-state index in [1.54, 1.807) is 11.3 Å². The van der Waals surface area contributed by atoms with Crippen molar-refractivity contribution in [3.8, 4) is 11.5 Å². The maximum absolute atomic E-state index is 4.36. The molecule has 2 heterocycles. The summed E-state index contributed by atoms with van der Waals surface area (Å²) in [6, 6.07) is 0.